The summed E-state index contributed by atoms with van der Waals surface area (Å²) in [5.41, 5.74) is 11.9. The van der Waals surface area contributed by atoms with Crippen LogP contribution in [0.5, 0.6) is 5.75 Å². The van der Waals surface area contributed by atoms with E-state index in [0.717, 1.165) is 31.6 Å². The van der Waals surface area contributed by atoms with Gasteiger partial charge in [-0.1, -0.05) is 26.5 Å². The van der Waals surface area contributed by atoms with Crippen LogP contribution in [0.3, 0.4) is 0 Å². The summed E-state index contributed by atoms with van der Waals surface area (Å²) in [7, 11) is -1.09. The zero-order valence-corrected chi connectivity index (χ0v) is 25.8. The summed E-state index contributed by atoms with van der Waals surface area (Å²) in [6.07, 6.45) is 8.55. The summed E-state index contributed by atoms with van der Waals surface area (Å²) >= 11 is 0. The van der Waals surface area contributed by atoms with Gasteiger partial charge in [-0.15, -0.1) is 0 Å². The molecule has 2 aromatic heterocycles. The molecule has 0 amide bonds. The number of piperidine rings is 1. The van der Waals surface area contributed by atoms with Crippen molar-refractivity contribution in [2.75, 3.05) is 49.1 Å². The first-order valence-corrected chi connectivity index (χ1v) is 16.7. The molecule has 2 aromatic carbocycles. The average molecular weight is 587 g/mol. The molecule has 10 nitrogen and oxygen atoms in total. The Hall–Kier alpha value is -4.01. The van der Waals surface area contributed by atoms with Gasteiger partial charge < -0.3 is 30.6 Å². The highest BCUT2D eigenvalue weighted by Crippen LogP contribution is 2.42. The van der Waals surface area contributed by atoms with Crippen molar-refractivity contribution in [3.05, 3.63) is 60.6 Å². The molecule has 1 saturated heterocycles. The summed E-state index contributed by atoms with van der Waals surface area (Å²) in [6, 6.07) is 8.18. The predicted molar refractivity (Wildman–Crippen MR) is 174 cm³/mol. The van der Waals surface area contributed by atoms with Crippen molar-refractivity contribution in [2.24, 2.45) is 5.73 Å². The number of benzene rings is 2. The van der Waals surface area contributed by atoms with Gasteiger partial charge in [-0.25, -0.2) is 4.98 Å². The minimum absolute atomic E-state index is 0.255. The van der Waals surface area contributed by atoms with Gasteiger partial charge in [-0.2, -0.15) is 4.98 Å². The molecule has 1 fully saturated rings. The smallest absolute Gasteiger partial charge is 0.229 e. The average Bonchev–Trinajstić information content (AvgIpc) is 2.96. The predicted octanol–water partition coefficient (Wildman–Crippen LogP) is 5.86. The molecule has 3 heterocycles. The van der Waals surface area contributed by atoms with Crippen molar-refractivity contribution < 1.29 is 9.30 Å². The molecule has 220 valence electrons. The second-order valence-electron chi connectivity index (χ2n) is 11.3. The summed E-state index contributed by atoms with van der Waals surface area (Å²) in [5.74, 6) is 1.89. The molecular weight excluding hydrogens is 547 g/mol. The van der Waals surface area contributed by atoms with E-state index in [0.29, 0.717) is 45.1 Å². The van der Waals surface area contributed by atoms with Gasteiger partial charge in [0, 0.05) is 55.0 Å². The number of aromatic nitrogens is 4. The highest BCUT2D eigenvalue weighted by Gasteiger charge is 2.24. The van der Waals surface area contributed by atoms with E-state index in [1.54, 1.807) is 45.1 Å². The number of hydrogen-bond acceptors (Lipinski definition) is 10. The second kappa shape index (κ2) is 12.1. The van der Waals surface area contributed by atoms with Crippen molar-refractivity contribution >= 4 is 58.4 Å². The first-order valence-electron chi connectivity index (χ1n) is 14.1. The molecule has 11 heteroatoms. The summed E-state index contributed by atoms with van der Waals surface area (Å²) in [4.78, 5) is 20.6. The zero-order valence-electron chi connectivity index (χ0n) is 24.9. The Bertz CT molecular complexity index is 1660. The van der Waals surface area contributed by atoms with Crippen molar-refractivity contribution in [2.45, 2.75) is 38.6 Å². The van der Waals surface area contributed by atoms with Gasteiger partial charge in [0.25, 0.3) is 0 Å². The lowest BCUT2D eigenvalue weighted by Gasteiger charge is -2.34. The number of nitrogens with two attached hydrogens (primary N) is 1. The quantitative estimate of drug-likeness (QED) is 0.205. The third-order valence-electron chi connectivity index (χ3n) is 7.54. The van der Waals surface area contributed by atoms with Crippen LogP contribution >= 0.6 is 7.14 Å². The number of nitrogens with zero attached hydrogens (tertiary/aromatic N) is 5. The fraction of sp³-hybridized carbons (Fsp3) is 0.355. The van der Waals surface area contributed by atoms with Crippen LogP contribution in [-0.4, -0.2) is 59.5 Å². The fourth-order valence-corrected chi connectivity index (χ4v) is 6.74. The van der Waals surface area contributed by atoms with E-state index in [9.17, 15) is 4.57 Å². The maximum Gasteiger partial charge on any atom is 0.229 e. The highest BCUT2D eigenvalue weighted by atomic mass is 31.2. The number of rotatable bonds is 9. The largest absolute Gasteiger partial charge is 0.494 e. The van der Waals surface area contributed by atoms with Crippen molar-refractivity contribution in [1.29, 1.82) is 0 Å². The van der Waals surface area contributed by atoms with E-state index in [4.69, 9.17) is 15.5 Å². The van der Waals surface area contributed by atoms with Crippen molar-refractivity contribution in [3.8, 4) is 5.75 Å². The molecule has 0 aliphatic carbocycles. The first-order chi connectivity index (χ1) is 20.1. The third-order valence-corrected chi connectivity index (χ3v) is 9.07. The van der Waals surface area contributed by atoms with Crippen molar-refractivity contribution in [3.63, 3.8) is 0 Å². The zero-order chi connectivity index (χ0) is 30.0. The molecule has 1 aliphatic rings. The van der Waals surface area contributed by atoms with Crippen LogP contribution < -0.4 is 31.3 Å². The molecule has 42 heavy (non-hydrogen) atoms. The molecule has 0 radical (unpaired) electrons. The minimum Gasteiger partial charge on any atom is -0.494 e. The first kappa shape index (κ1) is 29.5. The van der Waals surface area contributed by atoms with E-state index in [1.165, 1.54) is 11.3 Å². The Labute approximate surface area is 247 Å². The number of fused-ring (bicyclic) bond motifs is 1. The molecule has 0 atom stereocenters. The Morgan fingerprint density at radius 1 is 1.10 bits per heavy atom. The highest BCUT2D eigenvalue weighted by molar-refractivity contribution is 7.71. The Kier molecular flexibility index (Phi) is 8.48. The molecule has 4 aromatic rings. The standard InChI is InChI=1S/C31H39N8O2P/c1-7-20-18-35-31(38-30(20)36-24-9-8-23-28(34-13-12-33-23)29(24)42(5,6)40)37-25-16-22(19(2)3)26(17-27(25)41-4)39-14-10-21(32)11-15-39/h7-9,12-13,16-19,21H,1,10-11,14-15,32H2,2-6H3,(H2,35,36,37,38). The van der Waals surface area contributed by atoms with Crippen molar-refractivity contribution in [1.82, 2.24) is 19.9 Å². The van der Waals surface area contributed by atoms with E-state index in [1.807, 2.05) is 12.1 Å². The normalized spacial score (nSPS) is 14.3. The number of anilines is 5. The van der Waals surface area contributed by atoms with Crippen LogP contribution in [0.25, 0.3) is 17.1 Å². The maximum atomic E-state index is 13.4. The lowest BCUT2D eigenvalue weighted by molar-refractivity contribution is 0.416. The Morgan fingerprint density at radius 3 is 2.50 bits per heavy atom. The van der Waals surface area contributed by atoms with Crippen LogP contribution in [0.4, 0.5) is 28.8 Å². The lowest BCUT2D eigenvalue weighted by Crippen LogP contribution is -2.40. The molecule has 0 spiro atoms. The summed E-state index contributed by atoms with van der Waals surface area (Å²) < 4.78 is 19.2. The summed E-state index contributed by atoms with van der Waals surface area (Å²) in [5, 5.41) is 7.37. The maximum absolute atomic E-state index is 13.4. The van der Waals surface area contributed by atoms with Gasteiger partial charge in [0.1, 0.15) is 24.2 Å². The molecular formula is C31H39N8O2P. The van der Waals surface area contributed by atoms with Crippen LogP contribution in [0.1, 0.15) is 43.7 Å². The SMILES string of the molecule is C=Cc1cnc(Nc2cc(C(C)C)c(N3CCC(N)CC3)cc2OC)nc1Nc1ccc2nccnc2c1P(C)(C)=O. The van der Waals surface area contributed by atoms with E-state index < -0.39 is 7.14 Å². The van der Waals surface area contributed by atoms with E-state index in [-0.39, 0.29) is 12.0 Å². The lowest BCUT2D eigenvalue weighted by atomic mass is 9.97. The number of nitrogens with one attached hydrogen (secondary N) is 2. The molecule has 0 bridgehead atoms. The van der Waals surface area contributed by atoms with Gasteiger partial charge in [0.05, 0.1) is 29.3 Å². The summed E-state index contributed by atoms with van der Waals surface area (Å²) in [6.45, 7) is 13.6. The topological polar surface area (TPSA) is 131 Å². The van der Waals surface area contributed by atoms with Gasteiger partial charge in [-0.05, 0) is 55.9 Å². The van der Waals surface area contributed by atoms with E-state index >= 15 is 0 Å². The van der Waals surface area contributed by atoms with Crippen LogP contribution in [0.15, 0.2) is 49.4 Å². The molecule has 4 N–H and O–H groups in total. The second-order valence-corrected chi connectivity index (χ2v) is 14.4. The van der Waals surface area contributed by atoms with Gasteiger partial charge >= 0.3 is 0 Å². The van der Waals surface area contributed by atoms with Gasteiger partial charge in [0.15, 0.2) is 0 Å². The van der Waals surface area contributed by atoms with Gasteiger partial charge in [0.2, 0.25) is 5.95 Å². The van der Waals surface area contributed by atoms with Gasteiger partial charge in [-0.3, -0.25) is 9.97 Å². The molecule has 0 saturated carbocycles. The Morgan fingerprint density at radius 2 is 1.83 bits per heavy atom. The molecule has 5 rings (SSSR count). The van der Waals surface area contributed by atoms with Crippen LogP contribution in [0.2, 0.25) is 0 Å². The van der Waals surface area contributed by atoms with Crippen LogP contribution in [-0.2, 0) is 4.57 Å². The fourth-order valence-electron chi connectivity index (χ4n) is 5.35. The van der Waals surface area contributed by atoms with E-state index in [2.05, 4.69) is 63.0 Å². The molecule has 1 aliphatic heterocycles. The number of hydrogen-bond donors (Lipinski definition) is 3. The number of methoxy groups -OCH3 is 1. The van der Waals surface area contributed by atoms with Crippen LogP contribution in [0, 0.1) is 0 Å². The monoisotopic (exact) mass is 586 g/mol. The minimum atomic E-state index is -2.75. The molecule has 0 unspecified atom stereocenters. The number of ether oxygens (including phenoxy) is 1. The Balaban J connectivity index is 1.52. The third kappa shape index (κ3) is 6.10.